The molecular formula is C17H19FN4O3. The number of H-pyrrole nitrogens is 1. The van der Waals surface area contributed by atoms with Gasteiger partial charge in [0.2, 0.25) is 5.91 Å². The number of pyridine rings is 1. The number of carbonyl (C=O) groups is 1. The van der Waals surface area contributed by atoms with E-state index >= 15 is 0 Å². The molecule has 25 heavy (non-hydrogen) atoms. The third-order valence-corrected chi connectivity index (χ3v) is 3.92. The number of primary amides is 1. The first-order valence-electron chi connectivity index (χ1n) is 7.86. The predicted molar refractivity (Wildman–Crippen MR) is 91.5 cm³/mol. The van der Waals surface area contributed by atoms with E-state index in [-0.39, 0.29) is 28.4 Å². The van der Waals surface area contributed by atoms with Crippen LogP contribution in [0.3, 0.4) is 0 Å². The fourth-order valence-electron chi connectivity index (χ4n) is 2.76. The SMILES string of the molecule is CC(C)C[C@@H](Nc1nc(-c2ccoc2)c2c(O)[nH]cc2c1F)C(N)=O. The molecule has 132 valence electrons. The number of hydrogen-bond acceptors (Lipinski definition) is 5. The molecule has 3 rings (SSSR count). The van der Waals surface area contributed by atoms with Crippen molar-refractivity contribution in [3.63, 3.8) is 0 Å². The van der Waals surface area contributed by atoms with Crippen molar-refractivity contribution in [2.75, 3.05) is 5.32 Å². The summed E-state index contributed by atoms with van der Waals surface area (Å²) in [6.07, 6.45) is 4.68. The minimum atomic E-state index is -0.760. The Hall–Kier alpha value is -3.03. The predicted octanol–water partition coefficient (Wildman–Crippen LogP) is 2.98. The lowest BCUT2D eigenvalue weighted by molar-refractivity contribution is -0.119. The van der Waals surface area contributed by atoms with E-state index in [2.05, 4.69) is 15.3 Å². The van der Waals surface area contributed by atoms with E-state index in [4.69, 9.17) is 10.2 Å². The van der Waals surface area contributed by atoms with E-state index in [1.165, 1.54) is 18.7 Å². The summed E-state index contributed by atoms with van der Waals surface area (Å²) in [4.78, 5) is 18.5. The highest BCUT2D eigenvalue weighted by Crippen LogP contribution is 2.37. The van der Waals surface area contributed by atoms with Crippen LogP contribution < -0.4 is 11.1 Å². The number of anilines is 1. The monoisotopic (exact) mass is 346 g/mol. The Bertz CT molecular complexity index is 902. The van der Waals surface area contributed by atoms with Gasteiger partial charge in [-0.2, -0.15) is 0 Å². The fourth-order valence-corrected chi connectivity index (χ4v) is 2.76. The largest absolute Gasteiger partial charge is 0.494 e. The van der Waals surface area contributed by atoms with Gasteiger partial charge >= 0.3 is 0 Å². The normalized spacial score (nSPS) is 12.6. The molecule has 0 spiro atoms. The van der Waals surface area contributed by atoms with Gasteiger partial charge in [-0.05, 0) is 18.4 Å². The maximum atomic E-state index is 14.8. The Kier molecular flexibility index (Phi) is 4.35. The van der Waals surface area contributed by atoms with Crippen LogP contribution in [0.15, 0.2) is 29.2 Å². The molecule has 1 amide bonds. The molecule has 5 N–H and O–H groups in total. The molecule has 0 aliphatic heterocycles. The van der Waals surface area contributed by atoms with Gasteiger partial charge in [-0.15, -0.1) is 0 Å². The minimum Gasteiger partial charge on any atom is -0.494 e. The van der Waals surface area contributed by atoms with Crippen molar-refractivity contribution in [3.05, 3.63) is 30.6 Å². The smallest absolute Gasteiger partial charge is 0.239 e. The van der Waals surface area contributed by atoms with Crippen LogP contribution >= 0.6 is 0 Å². The second kappa shape index (κ2) is 6.46. The summed E-state index contributed by atoms with van der Waals surface area (Å²) in [6.45, 7) is 3.87. The number of hydrogen-bond donors (Lipinski definition) is 4. The summed E-state index contributed by atoms with van der Waals surface area (Å²) in [5, 5.41) is 13.2. The Labute approximate surface area is 143 Å². The van der Waals surface area contributed by atoms with E-state index in [1.807, 2.05) is 13.8 Å². The number of nitrogens with one attached hydrogen (secondary N) is 2. The molecule has 3 aromatic rings. The van der Waals surface area contributed by atoms with Crippen LogP contribution in [0.5, 0.6) is 5.88 Å². The summed E-state index contributed by atoms with van der Waals surface area (Å²) >= 11 is 0. The van der Waals surface area contributed by atoms with Crippen LogP contribution in [0.2, 0.25) is 0 Å². The van der Waals surface area contributed by atoms with Gasteiger partial charge < -0.3 is 25.6 Å². The molecule has 7 nitrogen and oxygen atoms in total. The van der Waals surface area contributed by atoms with Gasteiger partial charge in [0, 0.05) is 17.1 Å². The van der Waals surface area contributed by atoms with Gasteiger partial charge in [-0.1, -0.05) is 13.8 Å². The highest BCUT2D eigenvalue weighted by molar-refractivity contribution is 6.00. The van der Waals surface area contributed by atoms with Crippen LogP contribution in [0, 0.1) is 11.7 Å². The first-order chi connectivity index (χ1) is 11.9. The molecule has 3 heterocycles. The molecule has 0 unspecified atom stereocenters. The Morgan fingerprint density at radius 2 is 2.28 bits per heavy atom. The molecule has 1 atom stereocenters. The number of aromatic nitrogens is 2. The summed E-state index contributed by atoms with van der Waals surface area (Å²) in [5.74, 6) is -1.38. The van der Waals surface area contributed by atoms with Crippen molar-refractivity contribution >= 4 is 22.5 Å². The van der Waals surface area contributed by atoms with E-state index in [0.29, 0.717) is 17.7 Å². The lowest BCUT2D eigenvalue weighted by Crippen LogP contribution is -2.37. The van der Waals surface area contributed by atoms with Crippen molar-refractivity contribution in [1.29, 1.82) is 0 Å². The number of furan rings is 1. The van der Waals surface area contributed by atoms with Crippen molar-refractivity contribution in [3.8, 4) is 17.1 Å². The number of nitrogens with zero attached hydrogens (tertiary/aromatic N) is 1. The van der Waals surface area contributed by atoms with Gasteiger partial charge in [-0.3, -0.25) is 4.79 Å². The molecular weight excluding hydrogens is 327 g/mol. The molecule has 0 radical (unpaired) electrons. The van der Waals surface area contributed by atoms with E-state index in [1.54, 1.807) is 6.07 Å². The number of nitrogens with two attached hydrogens (primary N) is 1. The minimum absolute atomic E-state index is 0.104. The molecule has 0 bridgehead atoms. The van der Waals surface area contributed by atoms with Gasteiger partial charge in [0.15, 0.2) is 17.5 Å². The first-order valence-corrected chi connectivity index (χ1v) is 7.86. The van der Waals surface area contributed by atoms with Crippen LogP contribution in [0.25, 0.3) is 22.0 Å². The molecule has 0 saturated carbocycles. The average molecular weight is 346 g/mol. The molecule has 0 fully saturated rings. The maximum absolute atomic E-state index is 14.8. The third kappa shape index (κ3) is 3.15. The van der Waals surface area contributed by atoms with E-state index in [0.717, 1.165) is 0 Å². The Morgan fingerprint density at radius 3 is 2.88 bits per heavy atom. The van der Waals surface area contributed by atoms with Crippen molar-refractivity contribution in [1.82, 2.24) is 9.97 Å². The fraction of sp³-hybridized carbons (Fsp3) is 0.294. The molecule has 3 aromatic heterocycles. The van der Waals surface area contributed by atoms with Crippen molar-refractivity contribution in [2.24, 2.45) is 11.7 Å². The zero-order valence-electron chi connectivity index (χ0n) is 13.8. The van der Waals surface area contributed by atoms with Crippen molar-refractivity contribution < 1.29 is 18.7 Å². The molecule has 0 aliphatic rings. The molecule has 0 aliphatic carbocycles. The molecule has 0 aromatic carbocycles. The lowest BCUT2D eigenvalue weighted by atomic mass is 10.0. The lowest BCUT2D eigenvalue weighted by Gasteiger charge is -2.19. The standard InChI is InChI=1S/C17H19FN4O3/c1-8(2)5-11(15(19)23)21-16-13(18)10-6-20-17(24)12(10)14(22-16)9-3-4-25-7-9/h3-4,6-8,11,20-21,24H,5H2,1-2H3,(H2,19,23)/t11-/m1/s1. The second-order valence-corrected chi connectivity index (χ2v) is 6.29. The number of carbonyl (C=O) groups excluding carboxylic acids is 1. The van der Waals surface area contributed by atoms with E-state index < -0.39 is 17.8 Å². The van der Waals surface area contributed by atoms with Gasteiger partial charge in [0.05, 0.1) is 23.6 Å². The van der Waals surface area contributed by atoms with Gasteiger partial charge in [0.25, 0.3) is 0 Å². The average Bonchev–Trinajstić information content (AvgIpc) is 3.19. The zero-order chi connectivity index (χ0) is 18.1. The third-order valence-electron chi connectivity index (χ3n) is 3.92. The van der Waals surface area contributed by atoms with Crippen LogP contribution in [0.4, 0.5) is 10.2 Å². The Balaban J connectivity index is 2.13. The zero-order valence-corrected chi connectivity index (χ0v) is 13.8. The van der Waals surface area contributed by atoms with Crippen LogP contribution in [-0.4, -0.2) is 27.0 Å². The van der Waals surface area contributed by atoms with Gasteiger partial charge in [-0.25, -0.2) is 9.37 Å². The number of rotatable bonds is 6. The molecule has 8 heteroatoms. The number of aromatic hydroxyl groups is 1. The maximum Gasteiger partial charge on any atom is 0.239 e. The van der Waals surface area contributed by atoms with Crippen molar-refractivity contribution in [2.45, 2.75) is 26.3 Å². The number of amides is 1. The summed E-state index contributed by atoms with van der Waals surface area (Å²) in [7, 11) is 0. The first kappa shape index (κ1) is 16.8. The topological polar surface area (TPSA) is 117 Å². The van der Waals surface area contributed by atoms with Gasteiger partial charge in [0.1, 0.15) is 6.04 Å². The number of halogens is 1. The van der Waals surface area contributed by atoms with Crippen LogP contribution in [-0.2, 0) is 4.79 Å². The van der Waals surface area contributed by atoms with E-state index in [9.17, 15) is 14.3 Å². The summed E-state index contributed by atoms with van der Waals surface area (Å²) in [5.41, 5.74) is 6.32. The summed E-state index contributed by atoms with van der Waals surface area (Å²) in [6, 6.07) is 0.888. The number of fused-ring (bicyclic) bond motifs is 1. The quantitative estimate of drug-likeness (QED) is 0.547. The number of aromatic amines is 1. The molecule has 0 saturated heterocycles. The van der Waals surface area contributed by atoms with Crippen LogP contribution in [0.1, 0.15) is 20.3 Å². The Morgan fingerprint density at radius 1 is 1.52 bits per heavy atom. The second-order valence-electron chi connectivity index (χ2n) is 6.29. The highest BCUT2D eigenvalue weighted by Gasteiger charge is 2.24. The summed E-state index contributed by atoms with van der Waals surface area (Å²) < 4.78 is 19.9. The highest BCUT2D eigenvalue weighted by atomic mass is 19.1.